The van der Waals surface area contributed by atoms with Gasteiger partial charge in [0.1, 0.15) is 5.75 Å². The van der Waals surface area contributed by atoms with Crippen molar-refractivity contribution in [2.75, 3.05) is 26.5 Å². The summed E-state index contributed by atoms with van der Waals surface area (Å²) in [6.07, 6.45) is 5.09. The van der Waals surface area contributed by atoms with Crippen LogP contribution in [-0.2, 0) is 22.0 Å². The number of ether oxygens (including phenoxy) is 1. The number of aliphatic imine (C=N–C) groups is 1. The van der Waals surface area contributed by atoms with Crippen LogP contribution in [0.4, 0.5) is 0 Å². The first-order chi connectivity index (χ1) is 14.9. The third-order valence-corrected chi connectivity index (χ3v) is 7.98. The molecular weight excluding hydrogens is 470 g/mol. The second-order valence-electron chi connectivity index (χ2n) is 8.72. The van der Waals surface area contributed by atoms with Gasteiger partial charge >= 0.3 is 0 Å². The van der Waals surface area contributed by atoms with E-state index >= 15 is 0 Å². The molecule has 1 aromatic heterocycles. The second-order valence-corrected chi connectivity index (χ2v) is 12.1. The Morgan fingerprint density at radius 2 is 2.06 bits per heavy atom. The minimum absolute atomic E-state index is 0.0983. The fourth-order valence-electron chi connectivity index (χ4n) is 3.27. The van der Waals surface area contributed by atoms with E-state index in [2.05, 4.69) is 25.8 Å². The molecule has 8 nitrogen and oxygen atoms in total. The monoisotopic (exact) mass is 495 g/mol. The number of methoxy groups -OCH3 is 1. The van der Waals surface area contributed by atoms with Crippen molar-refractivity contribution in [3.05, 3.63) is 44.7 Å². The molecule has 172 valence electrons. The van der Waals surface area contributed by atoms with Crippen LogP contribution in [0.1, 0.15) is 31.2 Å². The number of sulfonamides is 1. The van der Waals surface area contributed by atoms with Gasteiger partial charge in [-0.05, 0) is 23.6 Å². The van der Waals surface area contributed by atoms with Crippen molar-refractivity contribution in [3.63, 3.8) is 0 Å². The van der Waals surface area contributed by atoms with E-state index in [-0.39, 0.29) is 17.2 Å². The number of hydrogen-bond donors (Lipinski definition) is 0. The number of halogens is 1. The Kier molecular flexibility index (Phi) is 7.15. The predicted molar refractivity (Wildman–Crippen MR) is 127 cm³/mol. The van der Waals surface area contributed by atoms with Gasteiger partial charge < -0.3 is 9.30 Å². The Bertz CT molecular complexity index is 1240. The third-order valence-electron chi connectivity index (χ3n) is 5.07. The standard InChI is InChI=1S/C21H26ClN5O3S2/c1-21(2,3)18-12-26(9-14-10-27(11-14)32(5,28)29)20(31-18)25-19(24-13-23)16-8-15(22)6-7-17(16)30-4/h6-8,12,14H,9-11H2,1-5H3/b24-19?,25-20-. The molecule has 0 spiro atoms. The number of aromatic nitrogens is 1. The zero-order valence-electron chi connectivity index (χ0n) is 18.7. The minimum Gasteiger partial charge on any atom is -0.496 e. The van der Waals surface area contributed by atoms with E-state index in [1.807, 2.05) is 17.0 Å². The van der Waals surface area contributed by atoms with Crippen LogP contribution in [0.5, 0.6) is 5.75 Å². The van der Waals surface area contributed by atoms with E-state index in [0.29, 0.717) is 40.8 Å². The first kappa shape index (κ1) is 24.5. The molecule has 3 rings (SSSR count). The van der Waals surface area contributed by atoms with Gasteiger partial charge in [0.05, 0.1) is 18.9 Å². The lowest BCUT2D eigenvalue weighted by Crippen LogP contribution is -2.51. The van der Waals surface area contributed by atoms with E-state index in [4.69, 9.17) is 21.3 Å². The van der Waals surface area contributed by atoms with E-state index in [1.54, 1.807) is 18.2 Å². The summed E-state index contributed by atoms with van der Waals surface area (Å²) in [7, 11) is -1.64. The van der Waals surface area contributed by atoms with Crippen LogP contribution in [0.25, 0.3) is 0 Å². The highest BCUT2D eigenvalue weighted by Gasteiger charge is 2.33. The summed E-state index contributed by atoms with van der Waals surface area (Å²) in [5.41, 5.74) is 0.421. The fourth-order valence-corrected chi connectivity index (χ4v) is 5.46. The Morgan fingerprint density at radius 3 is 2.62 bits per heavy atom. The molecule has 32 heavy (non-hydrogen) atoms. The normalized spacial score (nSPS) is 16.7. The van der Waals surface area contributed by atoms with Gasteiger partial charge in [-0.1, -0.05) is 32.4 Å². The van der Waals surface area contributed by atoms with Gasteiger partial charge in [0.25, 0.3) is 0 Å². The van der Waals surface area contributed by atoms with Gasteiger partial charge in [-0.2, -0.15) is 15.2 Å². The largest absolute Gasteiger partial charge is 0.496 e. The SMILES string of the molecule is COc1ccc(Cl)cc1C(=NC#N)/N=c1\sc(C(C)(C)C)cn1CC1CN(S(C)(=O)=O)C1. The Labute approximate surface area is 197 Å². The van der Waals surface area contributed by atoms with Crippen molar-refractivity contribution in [1.29, 1.82) is 5.26 Å². The Balaban J connectivity index is 2.05. The molecule has 1 aliphatic rings. The van der Waals surface area contributed by atoms with Crippen LogP contribution in [-0.4, -0.2) is 49.6 Å². The molecule has 0 amide bonds. The fraction of sp³-hybridized carbons (Fsp3) is 0.476. The zero-order valence-corrected chi connectivity index (χ0v) is 21.1. The van der Waals surface area contributed by atoms with Gasteiger partial charge in [0.15, 0.2) is 10.6 Å². The van der Waals surface area contributed by atoms with E-state index < -0.39 is 10.0 Å². The third kappa shape index (κ3) is 5.59. The second kappa shape index (κ2) is 9.35. The number of rotatable bonds is 5. The van der Waals surface area contributed by atoms with Crippen LogP contribution in [0.2, 0.25) is 5.02 Å². The van der Waals surface area contributed by atoms with Crippen LogP contribution >= 0.6 is 22.9 Å². The van der Waals surface area contributed by atoms with Gasteiger partial charge in [0, 0.05) is 41.6 Å². The van der Waals surface area contributed by atoms with Crippen LogP contribution in [0.3, 0.4) is 0 Å². The highest BCUT2D eigenvalue weighted by Crippen LogP contribution is 2.27. The van der Waals surface area contributed by atoms with Crippen molar-refractivity contribution in [1.82, 2.24) is 8.87 Å². The van der Waals surface area contributed by atoms with Crippen molar-refractivity contribution in [3.8, 4) is 11.9 Å². The molecule has 1 saturated heterocycles. The van der Waals surface area contributed by atoms with E-state index in [0.717, 1.165) is 4.88 Å². The molecule has 2 aromatic rings. The van der Waals surface area contributed by atoms with Crippen molar-refractivity contribution in [2.45, 2.75) is 32.7 Å². The summed E-state index contributed by atoms with van der Waals surface area (Å²) in [6, 6.07) is 5.07. The molecule has 2 heterocycles. The first-order valence-corrected chi connectivity index (χ1v) is 13.0. The molecular formula is C21H26ClN5O3S2. The maximum atomic E-state index is 11.7. The molecule has 0 atom stereocenters. The lowest BCUT2D eigenvalue weighted by molar-refractivity contribution is 0.180. The van der Waals surface area contributed by atoms with Crippen molar-refractivity contribution in [2.24, 2.45) is 15.9 Å². The average molecular weight is 496 g/mol. The number of amidine groups is 1. The quantitative estimate of drug-likeness (QED) is 0.361. The van der Waals surface area contributed by atoms with Gasteiger partial charge in [-0.15, -0.1) is 11.3 Å². The minimum atomic E-state index is -3.17. The number of thiazole rings is 1. The molecule has 0 bridgehead atoms. The molecule has 0 unspecified atom stereocenters. The van der Waals surface area contributed by atoms with Gasteiger partial charge in [-0.25, -0.2) is 12.7 Å². The molecule has 0 saturated carbocycles. The summed E-state index contributed by atoms with van der Waals surface area (Å²) in [5.74, 6) is 0.895. The molecule has 0 N–H and O–H groups in total. The molecule has 1 fully saturated rings. The van der Waals surface area contributed by atoms with E-state index in [9.17, 15) is 13.7 Å². The molecule has 1 aromatic carbocycles. The Morgan fingerprint density at radius 1 is 1.38 bits per heavy atom. The topological polar surface area (TPSA) is 100 Å². The van der Waals surface area contributed by atoms with Crippen molar-refractivity contribution >= 4 is 38.8 Å². The highest BCUT2D eigenvalue weighted by molar-refractivity contribution is 7.88. The first-order valence-electron chi connectivity index (χ1n) is 9.93. The molecule has 11 heteroatoms. The number of benzene rings is 1. The summed E-state index contributed by atoms with van der Waals surface area (Å²) < 4.78 is 32.3. The van der Waals surface area contributed by atoms with Crippen molar-refractivity contribution < 1.29 is 13.2 Å². The maximum Gasteiger partial charge on any atom is 0.211 e. The van der Waals surface area contributed by atoms with Crippen LogP contribution < -0.4 is 9.54 Å². The zero-order chi connectivity index (χ0) is 23.7. The highest BCUT2D eigenvalue weighted by atomic mass is 35.5. The van der Waals surface area contributed by atoms with Crippen LogP contribution in [0, 0.1) is 17.4 Å². The summed E-state index contributed by atoms with van der Waals surface area (Å²) in [5, 5.41) is 9.75. The van der Waals surface area contributed by atoms with E-state index in [1.165, 1.54) is 29.0 Å². The molecule has 0 radical (unpaired) electrons. The van der Waals surface area contributed by atoms with Crippen LogP contribution in [0.15, 0.2) is 34.4 Å². The number of nitrogens with zero attached hydrogens (tertiary/aromatic N) is 5. The summed E-state index contributed by atoms with van der Waals surface area (Å²) in [4.78, 5) is 10.4. The van der Waals surface area contributed by atoms with Gasteiger partial charge in [0.2, 0.25) is 16.2 Å². The lowest BCUT2D eigenvalue weighted by atomic mass is 9.95. The summed E-state index contributed by atoms with van der Waals surface area (Å²) >= 11 is 7.69. The molecule has 1 aliphatic heterocycles. The average Bonchev–Trinajstić information content (AvgIpc) is 3.06. The number of nitriles is 1. The summed E-state index contributed by atoms with van der Waals surface area (Å²) in [6.45, 7) is 7.92. The predicted octanol–water partition coefficient (Wildman–Crippen LogP) is 3.23. The number of hydrogen-bond acceptors (Lipinski definition) is 6. The lowest BCUT2D eigenvalue weighted by Gasteiger charge is -2.37. The Hall–Kier alpha value is -2.19. The maximum absolute atomic E-state index is 11.7. The molecule has 0 aliphatic carbocycles. The smallest absolute Gasteiger partial charge is 0.211 e. The van der Waals surface area contributed by atoms with Gasteiger partial charge in [-0.3, -0.25) is 0 Å².